The molecule has 0 spiro atoms. The first kappa shape index (κ1) is 15.1. The summed E-state index contributed by atoms with van der Waals surface area (Å²) in [6.07, 6.45) is 0. The Hall–Kier alpha value is -2.82. The number of carbonyl (C=O) groups excluding carboxylic acids is 1. The van der Waals surface area contributed by atoms with Crippen LogP contribution in [0.5, 0.6) is 0 Å². The van der Waals surface area contributed by atoms with E-state index in [1.54, 1.807) is 35.8 Å². The molecule has 0 aliphatic rings. The number of ketones is 1. The second-order valence-corrected chi connectivity index (χ2v) is 5.30. The third kappa shape index (κ3) is 2.34. The van der Waals surface area contributed by atoms with Crippen LogP contribution in [0.15, 0.2) is 47.3 Å². The Morgan fingerprint density at radius 2 is 1.65 bits per heavy atom. The van der Waals surface area contributed by atoms with E-state index in [0.29, 0.717) is 11.4 Å². The van der Waals surface area contributed by atoms with Gasteiger partial charge in [-0.1, -0.05) is 18.2 Å². The molecule has 0 saturated carbocycles. The van der Waals surface area contributed by atoms with E-state index in [4.69, 9.17) is 0 Å². The van der Waals surface area contributed by atoms with Gasteiger partial charge in [0.2, 0.25) is 5.43 Å². The summed E-state index contributed by atoms with van der Waals surface area (Å²) in [6, 6.07) is 10.7. The first-order chi connectivity index (χ1) is 10.9. The van der Waals surface area contributed by atoms with Gasteiger partial charge in [0.1, 0.15) is 0 Å². The van der Waals surface area contributed by atoms with E-state index >= 15 is 0 Å². The quantitative estimate of drug-likeness (QED) is 0.675. The highest BCUT2D eigenvalue weighted by Crippen LogP contribution is 2.23. The van der Waals surface area contributed by atoms with Gasteiger partial charge in [0.15, 0.2) is 17.4 Å². The first-order valence-electron chi connectivity index (χ1n) is 7.02. The molecule has 0 radical (unpaired) electrons. The van der Waals surface area contributed by atoms with E-state index in [2.05, 4.69) is 0 Å². The summed E-state index contributed by atoms with van der Waals surface area (Å²) in [5, 5.41) is -0.0245. The van der Waals surface area contributed by atoms with Crippen LogP contribution in [-0.4, -0.2) is 10.4 Å². The summed E-state index contributed by atoms with van der Waals surface area (Å²) in [5.74, 6) is -2.58. The second-order valence-electron chi connectivity index (χ2n) is 5.30. The third-order valence-corrected chi connectivity index (χ3v) is 3.81. The predicted molar refractivity (Wildman–Crippen MR) is 84.2 cm³/mol. The van der Waals surface area contributed by atoms with Crippen molar-refractivity contribution in [3.05, 3.63) is 75.6 Å². The lowest BCUT2D eigenvalue weighted by Crippen LogP contribution is -2.21. The summed E-state index contributed by atoms with van der Waals surface area (Å²) < 4.78 is 28.9. The summed E-state index contributed by atoms with van der Waals surface area (Å²) in [7, 11) is 0. The molecule has 0 fully saturated rings. The van der Waals surface area contributed by atoms with Crippen LogP contribution < -0.4 is 5.43 Å². The number of carbonyl (C=O) groups is 1. The third-order valence-electron chi connectivity index (χ3n) is 3.81. The van der Waals surface area contributed by atoms with Crippen LogP contribution in [0.1, 0.15) is 23.0 Å². The lowest BCUT2D eigenvalue weighted by atomic mass is 10.0. The van der Waals surface area contributed by atoms with Crippen molar-refractivity contribution in [3.8, 4) is 5.69 Å². The van der Waals surface area contributed by atoms with Crippen LogP contribution in [0.25, 0.3) is 16.6 Å². The zero-order valence-corrected chi connectivity index (χ0v) is 12.6. The number of Topliss-reactive ketones (excluding diaryl/α,β-unsaturated/α-hetero) is 1. The van der Waals surface area contributed by atoms with Gasteiger partial charge in [-0.15, -0.1) is 0 Å². The van der Waals surface area contributed by atoms with Crippen LogP contribution in [0, 0.1) is 18.6 Å². The number of rotatable bonds is 2. The number of nitrogens with zero attached hydrogens (tertiary/aromatic N) is 1. The van der Waals surface area contributed by atoms with Gasteiger partial charge in [0.25, 0.3) is 0 Å². The molecule has 0 atom stereocenters. The van der Waals surface area contributed by atoms with Crippen molar-refractivity contribution in [2.45, 2.75) is 13.8 Å². The molecule has 0 amide bonds. The molecule has 0 bridgehead atoms. The van der Waals surface area contributed by atoms with Gasteiger partial charge in [0.05, 0.1) is 11.1 Å². The Labute approximate surface area is 130 Å². The molecular formula is C18H13F2NO2. The maximum absolute atomic E-state index is 13.7. The number of pyridine rings is 1. The fraction of sp³-hybridized carbons (Fsp3) is 0.111. The van der Waals surface area contributed by atoms with Crippen LogP contribution in [0.4, 0.5) is 8.78 Å². The molecule has 0 aliphatic carbocycles. The largest absolute Gasteiger partial charge is 0.313 e. The van der Waals surface area contributed by atoms with Gasteiger partial charge in [-0.05, 0) is 32.0 Å². The molecule has 0 N–H and O–H groups in total. The number of fused-ring (bicyclic) bond motifs is 1. The van der Waals surface area contributed by atoms with Crippen molar-refractivity contribution in [1.29, 1.82) is 0 Å². The summed E-state index contributed by atoms with van der Waals surface area (Å²) in [5.41, 5.74) is 0.668. The number of benzene rings is 2. The normalized spacial score (nSPS) is 11.0. The molecular weight excluding hydrogens is 300 g/mol. The minimum atomic E-state index is -1.12. The summed E-state index contributed by atoms with van der Waals surface area (Å²) >= 11 is 0. The zero-order chi connectivity index (χ0) is 16.7. The van der Waals surface area contributed by atoms with E-state index in [-0.39, 0.29) is 16.5 Å². The highest BCUT2D eigenvalue weighted by atomic mass is 19.2. The molecule has 3 aromatic rings. The Kier molecular flexibility index (Phi) is 3.56. The molecule has 116 valence electrons. The van der Waals surface area contributed by atoms with Gasteiger partial charge in [-0.2, -0.15) is 0 Å². The second kappa shape index (κ2) is 5.43. The smallest absolute Gasteiger partial charge is 0.200 e. The monoisotopic (exact) mass is 313 g/mol. The number of aromatic nitrogens is 1. The van der Waals surface area contributed by atoms with Gasteiger partial charge < -0.3 is 4.57 Å². The van der Waals surface area contributed by atoms with Crippen molar-refractivity contribution in [1.82, 2.24) is 4.57 Å². The van der Waals surface area contributed by atoms with Gasteiger partial charge in [0, 0.05) is 22.8 Å². The fourth-order valence-electron chi connectivity index (χ4n) is 2.82. The zero-order valence-electron chi connectivity index (χ0n) is 12.6. The lowest BCUT2D eigenvalue weighted by Gasteiger charge is -2.17. The number of para-hydroxylation sites is 1. The van der Waals surface area contributed by atoms with E-state index in [9.17, 15) is 18.4 Å². The lowest BCUT2D eigenvalue weighted by molar-refractivity contribution is 0.101. The van der Waals surface area contributed by atoms with E-state index in [1.165, 1.54) is 6.92 Å². The number of hydrogen-bond acceptors (Lipinski definition) is 2. The minimum Gasteiger partial charge on any atom is -0.313 e. The Bertz CT molecular complexity index is 992. The Morgan fingerprint density at radius 1 is 1.04 bits per heavy atom. The topological polar surface area (TPSA) is 39.1 Å². The van der Waals surface area contributed by atoms with Crippen molar-refractivity contribution < 1.29 is 13.6 Å². The molecule has 0 saturated heterocycles. The molecule has 0 unspecified atom stereocenters. The maximum atomic E-state index is 13.7. The Morgan fingerprint density at radius 3 is 2.26 bits per heavy atom. The predicted octanol–water partition coefficient (Wildman–Crippen LogP) is 3.78. The number of halogens is 2. The Balaban J connectivity index is 2.58. The van der Waals surface area contributed by atoms with E-state index < -0.39 is 22.8 Å². The standard InChI is InChI=1S/C18H13F2NO2/c1-10-17(11(2)22)18(23)13-8-14(19)15(20)9-16(13)21(10)12-6-4-3-5-7-12/h3-9H,1-2H3. The van der Waals surface area contributed by atoms with Crippen molar-refractivity contribution in [3.63, 3.8) is 0 Å². The van der Waals surface area contributed by atoms with Crippen LogP contribution in [0.3, 0.4) is 0 Å². The van der Waals surface area contributed by atoms with Gasteiger partial charge >= 0.3 is 0 Å². The minimum absolute atomic E-state index is 0.0210. The van der Waals surface area contributed by atoms with Crippen LogP contribution in [0.2, 0.25) is 0 Å². The maximum Gasteiger partial charge on any atom is 0.200 e. The molecule has 1 aromatic heterocycles. The average molecular weight is 313 g/mol. The highest BCUT2D eigenvalue weighted by molar-refractivity contribution is 5.99. The van der Waals surface area contributed by atoms with Crippen molar-refractivity contribution in [2.24, 2.45) is 0 Å². The van der Waals surface area contributed by atoms with Crippen LogP contribution >= 0.6 is 0 Å². The molecule has 23 heavy (non-hydrogen) atoms. The molecule has 3 nitrogen and oxygen atoms in total. The summed E-state index contributed by atoms with van der Waals surface area (Å²) in [4.78, 5) is 24.4. The molecule has 1 heterocycles. The average Bonchev–Trinajstić information content (AvgIpc) is 2.50. The van der Waals surface area contributed by atoms with E-state index in [1.807, 2.05) is 6.07 Å². The van der Waals surface area contributed by atoms with Crippen molar-refractivity contribution in [2.75, 3.05) is 0 Å². The fourth-order valence-corrected chi connectivity index (χ4v) is 2.82. The van der Waals surface area contributed by atoms with Crippen molar-refractivity contribution >= 4 is 16.7 Å². The van der Waals surface area contributed by atoms with E-state index in [0.717, 1.165) is 12.1 Å². The molecule has 0 aliphatic heterocycles. The molecule has 5 heteroatoms. The highest BCUT2D eigenvalue weighted by Gasteiger charge is 2.20. The van der Waals surface area contributed by atoms with Gasteiger partial charge in [-0.3, -0.25) is 9.59 Å². The molecule has 3 rings (SSSR count). The number of hydrogen-bond donors (Lipinski definition) is 0. The summed E-state index contributed by atoms with van der Waals surface area (Å²) in [6.45, 7) is 2.90. The van der Waals surface area contributed by atoms with Crippen LogP contribution in [-0.2, 0) is 0 Å². The van der Waals surface area contributed by atoms with Gasteiger partial charge in [-0.25, -0.2) is 8.78 Å². The first-order valence-corrected chi connectivity index (χ1v) is 7.02. The molecule has 2 aromatic carbocycles. The SMILES string of the molecule is CC(=O)c1c(C)n(-c2ccccc2)c2cc(F)c(F)cc2c1=O.